The number of hydrogen-bond acceptors (Lipinski definition) is 3. The number of aryl methyl sites for hydroxylation is 1. The van der Waals surface area contributed by atoms with Crippen LogP contribution < -0.4 is 10.1 Å². The maximum Gasteiger partial charge on any atom is 0.127 e. The first kappa shape index (κ1) is 14.9. The highest BCUT2D eigenvalue weighted by atomic mass is 16.5. The van der Waals surface area contributed by atoms with Crippen molar-refractivity contribution < 1.29 is 9.47 Å². The van der Waals surface area contributed by atoms with E-state index in [1.807, 2.05) is 0 Å². The molecule has 0 bridgehead atoms. The van der Waals surface area contributed by atoms with Gasteiger partial charge in [-0.3, -0.25) is 0 Å². The Labute approximate surface area is 128 Å². The van der Waals surface area contributed by atoms with Crippen LogP contribution in [-0.4, -0.2) is 26.4 Å². The second kappa shape index (κ2) is 7.28. The molecule has 0 radical (unpaired) electrons. The van der Waals surface area contributed by atoms with E-state index in [-0.39, 0.29) is 0 Å². The van der Waals surface area contributed by atoms with E-state index in [1.54, 1.807) is 0 Å². The van der Waals surface area contributed by atoms with E-state index in [4.69, 9.17) is 9.47 Å². The van der Waals surface area contributed by atoms with Gasteiger partial charge in [0.15, 0.2) is 0 Å². The molecule has 2 heterocycles. The van der Waals surface area contributed by atoms with Gasteiger partial charge in [0, 0.05) is 24.1 Å². The summed E-state index contributed by atoms with van der Waals surface area (Å²) in [6.07, 6.45) is 5.84. The van der Waals surface area contributed by atoms with Gasteiger partial charge in [-0.05, 0) is 44.2 Å². The molecule has 0 amide bonds. The fourth-order valence-electron chi connectivity index (χ4n) is 3.52. The molecule has 0 saturated carbocycles. The van der Waals surface area contributed by atoms with Gasteiger partial charge in [-0.1, -0.05) is 25.1 Å². The van der Waals surface area contributed by atoms with Gasteiger partial charge in [0.1, 0.15) is 5.75 Å². The third kappa shape index (κ3) is 3.41. The summed E-state index contributed by atoms with van der Waals surface area (Å²) in [5.41, 5.74) is 2.72. The van der Waals surface area contributed by atoms with Crippen molar-refractivity contribution in [1.82, 2.24) is 5.32 Å². The monoisotopic (exact) mass is 289 g/mol. The van der Waals surface area contributed by atoms with Crippen LogP contribution in [0.15, 0.2) is 18.2 Å². The van der Waals surface area contributed by atoms with E-state index in [2.05, 4.69) is 30.4 Å². The minimum atomic E-state index is 0.360. The molecule has 3 heteroatoms. The lowest BCUT2D eigenvalue weighted by atomic mass is 9.86. The van der Waals surface area contributed by atoms with Crippen LogP contribution in [-0.2, 0) is 11.2 Å². The maximum absolute atomic E-state index is 6.03. The van der Waals surface area contributed by atoms with Crippen LogP contribution in [0, 0.1) is 5.92 Å². The number of benzene rings is 1. The Morgan fingerprint density at radius 3 is 3.05 bits per heavy atom. The summed E-state index contributed by atoms with van der Waals surface area (Å²) in [6, 6.07) is 7.00. The van der Waals surface area contributed by atoms with Crippen LogP contribution in [0.4, 0.5) is 0 Å². The van der Waals surface area contributed by atoms with E-state index in [1.165, 1.54) is 24.0 Å². The van der Waals surface area contributed by atoms with Crippen molar-refractivity contribution in [3.8, 4) is 5.75 Å². The summed E-state index contributed by atoms with van der Waals surface area (Å²) in [4.78, 5) is 0. The van der Waals surface area contributed by atoms with E-state index < -0.39 is 0 Å². The van der Waals surface area contributed by atoms with Gasteiger partial charge >= 0.3 is 0 Å². The molecule has 116 valence electrons. The van der Waals surface area contributed by atoms with Crippen molar-refractivity contribution in [1.29, 1.82) is 0 Å². The largest absolute Gasteiger partial charge is 0.493 e. The molecule has 2 unspecified atom stereocenters. The van der Waals surface area contributed by atoms with E-state index in [9.17, 15) is 0 Å². The highest BCUT2D eigenvalue weighted by Crippen LogP contribution is 2.38. The van der Waals surface area contributed by atoms with E-state index >= 15 is 0 Å². The van der Waals surface area contributed by atoms with Crippen LogP contribution in [0.1, 0.15) is 49.8 Å². The van der Waals surface area contributed by atoms with Gasteiger partial charge in [-0.25, -0.2) is 0 Å². The number of nitrogens with one attached hydrogen (secondary N) is 1. The van der Waals surface area contributed by atoms with Gasteiger partial charge in [0.25, 0.3) is 0 Å². The lowest BCUT2D eigenvalue weighted by molar-refractivity contribution is 0.0385. The van der Waals surface area contributed by atoms with Gasteiger partial charge in [-0.2, -0.15) is 0 Å². The summed E-state index contributed by atoms with van der Waals surface area (Å²) < 4.78 is 11.8. The molecule has 2 aliphatic rings. The zero-order valence-electron chi connectivity index (χ0n) is 13.1. The molecule has 2 atom stereocenters. The molecule has 0 spiro atoms. The van der Waals surface area contributed by atoms with Gasteiger partial charge in [0.05, 0.1) is 13.2 Å². The van der Waals surface area contributed by atoms with Crippen LogP contribution in [0.25, 0.3) is 0 Å². The highest BCUT2D eigenvalue weighted by Gasteiger charge is 2.29. The first-order valence-electron chi connectivity index (χ1n) is 8.46. The van der Waals surface area contributed by atoms with Crippen LogP contribution in [0.5, 0.6) is 5.75 Å². The predicted octanol–water partition coefficient (Wildman–Crippen LogP) is 3.48. The fourth-order valence-corrected chi connectivity index (χ4v) is 3.52. The molecule has 3 rings (SSSR count). The predicted molar refractivity (Wildman–Crippen MR) is 84.8 cm³/mol. The number of hydrogen-bond donors (Lipinski definition) is 1. The lowest BCUT2D eigenvalue weighted by Crippen LogP contribution is -2.34. The Hall–Kier alpha value is -1.06. The third-order valence-corrected chi connectivity index (χ3v) is 4.58. The van der Waals surface area contributed by atoms with Crippen LogP contribution in [0.2, 0.25) is 0 Å². The lowest BCUT2D eigenvalue weighted by Gasteiger charge is -2.33. The molecule has 3 nitrogen and oxygen atoms in total. The topological polar surface area (TPSA) is 30.5 Å². The normalized spacial score (nSPS) is 23.2. The molecule has 21 heavy (non-hydrogen) atoms. The van der Waals surface area contributed by atoms with Crippen molar-refractivity contribution in [2.24, 2.45) is 5.92 Å². The molecule has 2 aliphatic heterocycles. The Morgan fingerprint density at radius 2 is 2.24 bits per heavy atom. The van der Waals surface area contributed by atoms with Gasteiger partial charge in [0.2, 0.25) is 0 Å². The van der Waals surface area contributed by atoms with Crippen LogP contribution >= 0.6 is 0 Å². The van der Waals surface area contributed by atoms with Crippen LogP contribution in [0.3, 0.4) is 0 Å². The summed E-state index contributed by atoms with van der Waals surface area (Å²) in [7, 11) is 0. The minimum absolute atomic E-state index is 0.360. The van der Waals surface area contributed by atoms with Crippen molar-refractivity contribution in [2.75, 3.05) is 26.4 Å². The molecule has 0 aliphatic carbocycles. The van der Waals surface area contributed by atoms with Gasteiger partial charge in [-0.15, -0.1) is 0 Å². The second-order valence-corrected chi connectivity index (χ2v) is 6.20. The SMILES string of the molecule is CCCNC(c1cccc2c1OCCC2)C1CCCOC1. The zero-order chi connectivity index (χ0) is 14.5. The molecular weight excluding hydrogens is 262 g/mol. The summed E-state index contributed by atoms with van der Waals surface area (Å²) >= 11 is 0. The number of fused-ring (bicyclic) bond motifs is 1. The second-order valence-electron chi connectivity index (χ2n) is 6.20. The number of para-hydroxylation sites is 1. The average molecular weight is 289 g/mol. The summed E-state index contributed by atoms with van der Waals surface area (Å²) in [5, 5.41) is 3.75. The molecule has 1 aromatic carbocycles. The quantitative estimate of drug-likeness (QED) is 0.900. The van der Waals surface area contributed by atoms with E-state index in [0.717, 1.165) is 51.4 Å². The smallest absolute Gasteiger partial charge is 0.127 e. The molecule has 1 aromatic rings. The molecule has 1 saturated heterocycles. The first-order chi connectivity index (χ1) is 10.4. The minimum Gasteiger partial charge on any atom is -0.493 e. The van der Waals surface area contributed by atoms with Gasteiger partial charge < -0.3 is 14.8 Å². The zero-order valence-corrected chi connectivity index (χ0v) is 13.1. The Morgan fingerprint density at radius 1 is 1.29 bits per heavy atom. The van der Waals surface area contributed by atoms with Crippen molar-refractivity contribution in [2.45, 2.75) is 45.1 Å². The first-order valence-corrected chi connectivity index (χ1v) is 8.46. The Bertz CT molecular complexity index is 455. The maximum atomic E-state index is 6.03. The molecular formula is C18H27NO2. The number of rotatable bonds is 5. The fraction of sp³-hybridized carbons (Fsp3) is 0.667. The van der Waals surface area contributed by atoms with Crippen molar-refractivity contribution in [3.05, 3.63) is 29.3 Å². The summed E-state index contributed by atoms with van der Waals surface area (Å²) in [5.74, 6) is 1.70. The van der Waals surface area contributed by atoms with E-state index in [0.29, 0.717) is 12.0 Å². The Kier molecular flexibility index (Phi) is 5.15. The molecule has 1 N–H and O–H groups in total. The summed E-state index contributed by atoms with van der Waals surface area (Å²) in [6.45, 7) is 5.90. The number of ether oxygens (including phenoxy) is 2. The standard InChI is InChI=1S/C18H27NO2/c1-2-10-19-17(15-8-4-11-20-13-15)16-9-3-6-14-7-5-12-21-18(14)16/h3,6,9,15,17,19H,2,4-5,7-8,10-13H2,1H3. The molecule has 0 aromatic heterocycles. The third-order valence-electron chi connectivity index (χ3n) is 4.58. The average Bonchev–Trinajstić information content (AvgIpc) is 2.56. The highest BCUT2D eigenvalue weighted by molar-refractivity contribution is 5.44. The van der Waals surface area contributed by atoms with Crippen molar-refractivity contribution in [3.63, 3.8) is 0 Å². The Balaban J connectivity index is 1.87. The van der Waals surface area contributed by atoms with Crippen molar-refractivity contribution >= 4 is 0 Å². The molecule has 1 fully saturated rings.